The van der Waals surface area contributed by atoms with Crippen molar-refractivity contribution in [2.24, 2.45) is 0 Å². The van der Waals surface area contributed by atoms with Gasteiger partial charge in [0.25, 0.3) is 0 Å². The maximum Gasteiger partial charge on any atom is 0.242 e. The van der Waals surface area contributed by atoms with Crippen LogP contribution in [-0.4, -0.2) is 70.0 Å². The van der Waals surface area contributed by atoms with Crippen molar-refractivity contribution < 1.29 is 14.3 Å². The van der Waals surface area contributed by atoms with E-state index in [1.807, 2.05) is 19.2 Å². The fourth-order valence-electron chi connectivity index (χ4n) is 3.08. The Balaban J connectivity index is 1.67. The molecule has 0 bridgehead atoms. The number of carbonyl (C=O) groups excluding carboxylic acids is 1. The molecule has 0 unspecified atom stereocenters. The molecule has 2 fully saturated rings. The number of hydrogen-bond acceptors (Lipinski definition) is 5. The van der Waals surface area contributed by atoms with Crippen LogP contribution in [0.25, 0.3) is 0 Å². The average Bonchev–Trinajstić information content (AvgIpc) is 2.63. The number of benzene rings is 1. The highest BCUT2D eigenvalue weighted by Crippen LogP contribution is 2.23. The quantitative estimate of drug-likeness (QED) is 0.874. The molecule has 0 saturated carbocycles. The Labute approximate surface area is 137 Å². The average molecular weight is 319 g/mol. The maximum atomic E-state index is 12.5. The van der Waals surface area contributed by atoms with E-state index in [9.17, 15) is 4.79 Å². The summed E-state index contributed by atoms with van der Waals surface area (Å²) in [5.41, 5.74) is 2.37. The first-order valence-electron chi connectivity index (χ1n) is 8.22. The van der Waals surface area contributed by atoms with E-state index in [-0.39, 0.29) is 11.9 Å². The van der Waals surface area contributed by atoms with Crippen molar-refractivity contribution in [2.45, 2.75) is 12.6 Å². The minimum absolute atomic E-state index is 0.0847. The number of para-hydroxylation sites is 1. The first-order valence-corrected chi connectivity index (χ1v) is 8.22. The fraction of sp³-hybridized carbons (Fsp3) is 0.588. The number of nitrogens with one attached hydrogen (secondary N) is 1. The first-order chi connectivity index (χ1) is 11.3. The van der Waals surface area contributed by atoms with Gasteiger partial charge in [-0.2, -0.15) is 0 Å². The summed E-state index contributed by atoms with van der Waals surface area (Å²) >= 11 is 0. The Bertz CT molecular complexity index is 526. The van der Waals surface area contributed by atoms with Crippen molar-refractivity contribution in [3.8, 4) is 0 Å². The molecule has 0 aliphatic carbocycles. The number of morpholine rings is 2. The van der Waals surface area contributed by atoms with Crippen LogP contribution in [0.5, 0.6) is 0 Å². The van der Waals surface area contributed by atoms with Gasteiger partial charge in [0.15, 0.2) is 0 Å². The Morgan fingerprint density at radius 2 is 2.04 bits per heavy atom. The molecule has 0 aromatic heterocycles. The van der Waals surface area contributed by atoms with E-state index < -0.39 is 0 Å². The molecule has 1 aromatic carbocycles. The molecule has 126 valence electrons. The number of amides is 1. The van der Waals surface area contributed by atoms with E-state index >= 15 is 0 Å². The SMILES string of the molecule is CN(Cc1ccccc1N1CCOCC1)C(=O)[C@@H]1COCCN1. The van der Waals surface area contributed by atoms with Crippen LogP contribution in [0.15, 0.2) is 24.3 Å². The lowest BCUT2D eigenvalue weighted by atomic mass is 10.1. The molecule has 2 saturated heterocycles. The summed E-state index contributed by atoms with van der Waals surface area (Å²) in [5, 5.41) is 3.22. The van der Waals surface area contributed by atoms with E-state index in [1.54, 1.807) is 4.90 Å². The standard InChI is InChI=1S/C17H25N3O3/c1-19(17(21)15-13-23-9-6-18-15)12-14-4-2-3-5-16(14)20-7-10-22-11-8-20/h2-5,15,18H,6-13H2,1H3/t15-/m0/s1. The predicted octanol–water partition coefficient (Wildman–Crippen LogP) is 0.470. The van der Waals surface area contributed by atoms with E-state index in [0.717, 1.165) is 32.8 Å². The van der Waals surface area contributed by atoms with Crippen molar-refractivity contribution in [2.75, 3.05) is 58.0 Å². The zero-order valence-electron chi connectivity index (χ0n) is 13.7. The van der Waals surface area contributed by atoms with Crippen molar-refractivity contribution in [1.82, 2.24) is 10.2 Å². The third kappa shape index (κ3) is 4.02. The Kier molecular flexibility index (Phi) is 5.48. The summed E-state index contributed by atoms with van der Waals surface area (Å²) in [7, 11) is 1.86. The molecule has 2 aliphatic rings. The minimum atomic E-state index is -0.232. The van der Waals surface area contributed by atoms with Gasteiger partial charge in [0, 0.05) is 38.9 Å². The number of hydrogen-bond donors (Lipinski definition) is 1. The molecule has 23 heavy (non-hydrogen) atoms. The zero-order valence-corrected chi connectivity index (χ0v) is 13.7. The van der Waals surface area contributed by atoms with Gasteiger partial charge in [-0.15, -0.1) is 0 Å². The monoisotopic (exact) mass is 319 g/mol. The van der Waals surface area contributed by atoms with E-state index in [4.69, 9.17) is 9.47 Å². The molecule has 2 aliphatic heterocycles. The largest absolute Gasteiger partial charge is 0.378 e. The molecule has 0 spiro atoms. The second-order valence-corrected chi connectivity index (χ2v) is 6.00. The highest BCUT2D eigenvalue weighted by molar-refractivity contribution is 5.82. The van der Waals surface area contributed by atoms with Crippen LogP contribution in [-0.2, 0) is 20.8 Å². The molecule has 1 amide bonds. The smallest absolute Gasteiger partial charge is 0.242 e. The fourth-order valence-corrected chi connectivity index (χ4v) is 3.08. The van der Waals surface area contributed by atoms with Gasteiger partial charge in [0.1, 0.15) is 6.04 Å². The van der Waals surface area contributed by atoms with Crippen LogP contribution in [0.1, 0.15) is 5.56 Å². The van der Waals surface area contributed by atoms with Crippen LogP contribution in [0.3, 0.4) is 0 Å². The highest BCUT2D eigenvalue weighted by atomic mass is 16.5. The van der Waals surface area contributed by atoms with Gasteiger partial charge in [0.05, 0.1) is 26.4 Å². The zero-order chi connectivity index (χ0) is 16.1. The van der Waals surface area contributed by atoms with E-state index in [1.165, 1.54) is 11.3 Å². The van der Waals surface area contributed by atoms with Crippen molar-refractivity contribution in [3.63, 3.8) is 0 Å². The highest BCUT2D eigenvalue weighted by Gasteiger charge is 2.25. The lowest BCUT2D eigenvalue weighted by molar-refractivity contribution is -0.135. The number of likely N-dealkylation sites (N-methyl/N-ethyl adjacent to an activating group) is 1. The van der Waals surface area contributed by atoms with Crippen molar-refractivity contribution in [3.05, 3.63) is 29.8 Å². The van der Waals surface area contributed by atoms with Crippen molar-refractivity contribution >= 4 is 11.6 Å². The number of anilines is 1. The summed E-state index contributed by atoms with van der Waals surface area (Å²) < 4.78 is 10.8. The van der Waals surface area contributed by atoms with E-state index in [0.29, 0.717) is 19.8 Å². The van der Waals surface area contributed by atoms with Gasteiger partial charge in [-0.25, -0.2) is 0 Å². The second-order valence-electron chi connectivity index (χ2n) is 6.00. The van der Waals surface area contributed by atoms with Crippen LogP contribution in [0, 0.1) is 0 Å². The molecule has 3 rings (SSSR count). The Morgan fingerprint density at radius 1 is 1.26 bits per heavy atom. The molecular weight excluding hydrogens is 294 g/mol. The lowest BCUT2D eigenvalue weighted by Gasteiger charge is -2.32. The van der Waals surface area contributed by atoms with Crippen LogP contribution >= 0.6 is 0 Å². The normalized spacial score (nSPS) is 22.0. The van der Waals surface area contributed by atoms with Crippen LogP contribution < -0.4 is 10.2 Å². The summed E-state index contributed by atoms with van der Waals surface area (Å²) in [6, 6.07) is 8.07. The molecule has 1 aromatic rings. The summed E-state index contributed by atoms with van der Waals surface area (Å²) in [5.74, 6) is 0.0847. The number of rotatable bonds is 4. The van der Waals surface area contributed by atoms with Gasteiger partial charge in [-0.1, -0.05) is 18.2 Å². The summed E-state index contributed by atoms with van der Waals surface area (Å²) in [6.45, 7) is 5.76. The first kappa shape index (κ1) is 16.2. The topological polar surface area (TPSA) is 54.0 Å². The van der Waals surface area contributed by atoms with Crippen LogP contribution in [0.2, 0.25) is 0 Å². The van der Waals surface area contributed by atoms with Gasteiger partial charge < -0.3 is 24.6 Å². The van der Waals surface area contributed by atoms with Crippen molar-refractivity contribution in [1.29, 1.82) is 0 Å². The molecule has 6 heteroatoms. The van der Waals surface area contributed by atoms with Crippen LogP contribution in [0.4, 0.5) is 5.69 Å². The number of carbonyl (C=O) groups is 1. The summed E-state index contributed by atoms with van der Waals surface area (Å²) in [4.78, 5) is 16.7. The lowest BCUT2D eigenvalue weighted by Crippen LogP contribution is -2.51. The van der Waals surface area contributed by atoms with Gasteiger partial charge >= 0.3 is 0 Å². The van der Waals surface area contributed by atoms with Gasteiger partial charge in [-0.3, -0.25) is 4.79 Å². The maximum absolute atomic E-state index is 12.5. The second kappa shape index (κ2) is 7.77. The third-order valence-electron chi connectivity index (χ3n) is 4.35. The Morgan fingerprint density at radius 3 is 2.78 bits per heavy atom. The molecular formula is C17H25N3O3. The number of ether oxygens (including phenoxy) is 2. The molecule has 1 N–H and O–H groups in total. The third-order valence-corrected chi connectivity index (χ3v) is 4.35. The summed E-state index contributed by atoms with van der Waals surface area (Å²) in [6.07, 6.45) is 0. The van der Waals surface area contributed by atoms with Gasteiger partial charge in [-0.05, 0) is 11.6 Å². The minimum Gasteiger partial charge on any atom is -0.378 e. The molecule has 1 atom stereocenters. The molecule has 0 radical (unpaired) electrons. The van der Waals surface area contributed by atoms with Gasteiger partial charge in [0.2, 0.25) is 5.91 Å². The number of nitrogens with zero attached hydrogens (tertiary/aromatic N) is 2. The Hall–Kier alpha value is -1.63. The predicted molar refractivity (Wildman–Crippen MR) is 88.6 cm³/mol. The molecule has 2 heterocycles. The van der Waals surface area contributed by atoms with E-state index in [2.05, 4.69) is 22.3 Å². The molecule has 6 nitrogen and oxygen atoms in total.